The molecule has 1 aliphatic carbocycles. The normalized spacial score (nSPS) is 26.7. The summed E-state index contributed by atoms with van der Waals surface area (Å²) < 4.78 is 0. The first-order valence-corrected chi connectivity index (χ1v) is 8.14. The second kappa shape index (κ2) is 8.57. The highest BCUT2D eigenvalue weighted by Crippen LogP contribution is 2.27. The quantitative estimate of drug-likeness (QED) is 0.744. The molecule has 0 aliphatic heterocycles. The Balaban J connectivity index is 2.39. The maximum Gasteiger partial charge on any atom is 0.237 e. The van der Waals surface area contributed by atoms with Gasteiger partial charge in [-0.25, -0.2) is 0 Å². The van der Waals surface area contributed by atoms with Crippen molar-refractivity contribution < 1.29 is 4.79 Å². The Bertz CT molecular complexity index is 267. The number of carbonyl (C=O) groups excluding carboxylic acids is 1. The lowest BCUT2D eigenvalue weighted by atomic mass is 9.82. The van der Waals surface area contributed by atoms with Crippen LogP contribution in [-0.4, -0.2) is 24.0 Å². The smallest absolute Gasteiger partial charge is 0.237 e. The number of nitrogens with one attached hydrogen (secondary N) is 2. The first-order chi connectivity index (χ1) is 9.08. The second-order valence-corrected chi connectivity index (χ2v) is 6.15. The summed E-state index contributed by atoms with van der Waals surface area (Å²) >= 11 is 0. The van der Waals surface area contributed by atoms with Gasteiger partial charge in [0.05, 0.1) is 6.04 Å². The molecule has 0 aromatic carbocycles. The fourth-order valence-electron chi connectivity index (χ4n) is 3.19. The van der Waals surface area contributed by atoms with E-state index in [-0.39, 0.29) is 18.0 Å². The Morgan fingerprint density at radius 3 is 2.53 bits per heavy atom. The summed E-state index contributed by atoms with van der Waals surface area (Å²) in [6.45, 7) is 8.50. The van der Waals surface area contributed by atoms with Crippen molar-refractivity contribution in [1.29, 1.82) is 0 Å². The van der Waals surface area contributed by atoms with Gasteiger partial charge in [0.15, 0.2) is 0 Å². The van der Waals surface area contributed by atoms with Gasteiger partial charge in [0, 0.05) is 12.1 Å². The minimum Gasteiger partial charge on any atom is -0.352 e. The molecule has 2 N–H and O–H groups in total. The summed E-state index contributed by atoms with van der Waals surface area (Å²) in [7, 11) is 0. The standard InChI is InChI=1S/C16H32N2O/c1-5-9-12(3)17-16(19)13(4)18-15-11-8-7-10-14(15)6-2/h12-15,18H,5-11H2,1-4H3,(H,17,19). The van der Waals surface area contributed by atoms with Gasteiger partial charge in [0.25, 0.3) is 0 Å². The lowest BCUT2D eigenvalue weighted by molar-refractivity contribution is -0.123. The highest BCUT2D eigenvalue weighted by molar-refractivity contribution is 5.81. The predicted molar refractivity (Wildman–Crippen MR) is 81.1 cm³/mol. The van der Waals surface area contributed by atoms with E-state index in [0.29, 0.717) is 6.04 Å². The van der Waals surface area contributed by atoms with E-state index in [0.717, 1.165) is 18.8 Å². The van der Waals surface area contributed by atoms with Crippen LogP contribution < -0.4 is 10.6 Å². The molecule has 3 nitrogen and oxygen atoms in total. The summed E-state index contributed by atoms with van der Waals surface area (Å²) in [4.78, 5) is 12.1. The Labute approximate surface area is 118 Å². The van der Waals surface area contributed by atoms with Gasteiger partial charge in [-0.1, -0.05) is 39.5 Å². The molecule has 3 heteroatoms. The average molecular weight is 268 g/mol. The molecule has 0 spiro atoms. The van der Waals surface area contributed by atoms with Crippen molar-refractivity contribution in [2.24, 2.45) is 5.92 Å². The largest absolute Gasteiger partial charge is 0.352 e. The molecule has 1 saturated carbocycles. The molecule has 1 rings (SSSR count). The first-order valence-electron chi connectivity index (χ1n) is 8.14. The maximum absolute atomic E-state index is 12.1. The Hall–Kier alpha value is -0.570. The van der Waals surface area contributed by atoms with Crippen molar-refractivity contribution in [2.75, 3.05) is 0 Å². The zero-order chi connectivity index (χ0) is 14.3. The highest BCUT2D eigenvalue weighted by atomic mass is 16.2. The molecule has 4 unspecified atom stereocenters. The first kappa shape index (κ1) is 16.5. The molecule has 0 aromatic rings. The van der Waals surface area contributed by atoms with Gasteiger partial charge in [0.2, 0.25) is 5.91 Å². The van der Waals surface area contributed by atoms with Gasteiger partial charge in [-0.3, -0.25) is 4.79 Å². The molecular weight excluding hydrogens is 236 g/mol. The van der Waals surface area contributed by atoms with E-state index in [4.69, 9.17) is 0 Å². The number of hydrogen-bond acceptors (Lipinski definition) is 2. The fraction of sp³-hybridized carbons (Fsp3) is 0.938. The van der Waals surface area contributed by atoms with Gasteiger partial charge in [-0.15, -0.1) is 0 Å². The van der Waals surface area contributed by atoms with E-state index in [1.165, 1.54) is 32.1 Å². The third kappa shape index (κ3) is 5.52. The minimum absolute atomic E-state index is 0.0727. The number of rotatable bonds is 7. The lowest BCUT2D eigenvalue weighted by Gasteiger charge is -2.33. The lowest BCUT2D eigenvalue weighted by Crippen LogP contribution is -2.51. The Morgan fingerprint density at radius 2 is 1.89 bits per heavy atom. The van der Waals surface area contributed by atoms with Crippen LogP contribution in [0, 0.1) is 5.92 Å². The van der Waals surface area contributed by atoms with Crippen molar-refractivity contribution in [3.8, 4) is 0 Å². The van der Waals surface area contributed by atoms with Crippen LogP contribution in [0.25, 0.3) is 0 Å². The zero-order valence-electron chi connectivity index (χ0n) is 13.2. The second-order valence-electron chi connectivity index (χ2n) is 6.15. The summed E-state index contributed by atoms with van der Waals surface area (Å²) in [6, 6.07) is 0.743. The number of amides is 1. The number of hydrogen-bond donors (Lipinski definition) is 2. The molecule has 0 bridgehead atoms. The summed E-state index contributed by atoms with van der Waals surface area (Å²) in [6.07, 6.45) is 8.58. The van der Waals surface area contributed by atoms with Gasteiger partial charge < -0.3 is 10.6 Å². The van der Waals surface area contributed by atoms with Crippen LogP contribution in [-0.2, 0) is 4.79 Å². The van der Waals surface area contributed by atoms with Crippen molar-refractivity contribution in [1.82, 2.24) is 10.6 Å². The number of carbonyl (C=O) groups is 1. The molecule has 1 aliphatic rings. The van der Waals surface area contributed by atoms with Crippen LogP contribution in [0.15, 0.2) is 0 Å². The van der Waals surface area contributed by atoms with Crippen molar-refractivity contribution >= 4 is 5.91 Å². The predicted octanol–water partition coefficient (Wildman–Crippen LogP) is 3.24. The molecule has 0 radical (unpaired) electrons. The third-order valence-corrected chi connectivity index (χ3v) is 4.40. The molecule has 0 heterocycles. The van der Waals surface area contributed by atoms with Gasteiger partial charge in [-0.2, -0.15) is 0 Å². The van der Waals surface area contributed by atoms with E-state index in [9.17, 15) is 4.79 Å². The van der Waals surface area contributed by atoms with Crippen molar-refractivity contribution in [3.05, 3.63) is 0 Å². The molecule has 0 saturated heterocycles. The topological polar surface area (TPSA) is 41.1 Å². The molecule has 1 fully saturated rings. The summed E-state index contributed by atoms with van der Waals surface area (Å²) in [5.74, 6) is 0.901. The SMILES string of the molecule is CCCC(C)NC(=O)C(C)NC1CCCCC1CC. The monoisotopic (exact) mass is 268 g/mol. The molecular formula is C16H32N2O. The van der Waals surface area contributed by atoms with Gasteiger partial charge >= 0.3 is 0 Å². The Kier molecular flexibility index (Phi) is 7.44. The Morgan fingerprint density at radius 1 is 1.21 bits per heavy atom. The molecule has 112 valence electrons. The van der Waals surface area contributed by atoms with Crippen LogP contribution in [0.5, 0.6) is 0 Å². The van der Waals surface area contributed by atoms with Crippen LogP contribution in [0.3, 0.4) is 0 Å². The van der Waals surface area contributed by atoms with Crippen molar-refractivity contribution in [3.63, 3.8) is 0 Å². The van der Waals surface area contributed by atoms with E-state index in [1.54, 1.807) is 0 Å². The van der Waals surface area contributed by atoms with E-state index >= 15 is 0 Å². The average Bonchev–Trinajstić information content (AvgIpc) is 2.39. The molecule has 0 aromatic heterocycles. The van der Waals surface area contributed by atoms with Crippen LogP contribution in [0.1, 0.15) is 72.6 Å². The third-order valence-electron chi connectivity index (χ3n) is 4.40. The van der Waals surface area contributed by atoms with Gasteiger partial charge in [-0.05, 0) is 39.0 Å². The van der Waals surface area contributed by atoms with E-state index in [2.05, 4.69) is 31.4 Å². The molecule has 1 amide bonds. The minimum atomic E-state index is -0.0727. The van der Waals surface area contributed by atoms with E-state index < -0.39 is 0 Å². The summed E-state index contributed by atoms with van der Waals surface area (Å²) in [5, 5.41) is 6.66. The van der Waals surface area contributed by atoms with Gasteiger partial charge in [0.1, 0.15) is 0 Å². The highest BCUT2D eigenvalue weighted by Gasteiger charge is 2.26. The molecule has 19 heavy (non-hydrogen) atoms. The zero-order valence-corrected chi connectivity index (χ0v) is 13.2. The van der Waals surface area contributed by atoms with Crippen LogP contribution >= 0.6 is 0 Å². The fourth-order valence-corrected chi connectivity index (χ4v) is 3.19. The summed E-state index contributed by atoms with van der Waals surface area (Å²) in [5.41, 5.74) is 0. The van der Waals surface area contributed by atoms with Crippen LogP contribution in [0.4, 0.5) is 0 Å². The van der Waals surface area contributed by atoms with Crippen molar-refractivity contribution in [2.45, 2.75) is 90.8 Å². The maximum atomic E-state index is 12.1. The van der Waals surface area contributed by atoms with Crippen LogP contribution in [0.2, 0.25) is 0 Å². The van der Waals surface area contributed by atoms with E-state index in [1.807, 2.05) is 6.92 Å². The molecule has 4 atom stereocenters.